The number of halogens is 1. The van der Waals surface area contributed by atoms with Crippen molar-refractivity contribution in [2.45, 2.75) is 18.8 Å². The number of aromatic nitrogens is 3. The second kappa shape index (κ2) is 8.06. The molecule has 4 rings (SSSR count). The molecule has 1 aliphatic heterocycles. The van der Waals surface area contributed by atoms with Gasteiger partial charge in [0.25, 0.3) is 5.91 Å². The number of nitrogens with zero attached hydrogens (tertiary/aromatic N) is 4. The van der Waals surface area contributed by atoms with Crippen molar-refractivity contribution in [2.75, 3.05) is 18.8 Å². The van der Waals surface area contributed by atoms with Crippen LogP contribution in [0.5, 0.6) is 0 Å². The van der Waals surface area contributed by atoms with E-state index in [4.69, 9.17) is 5.73 Å². The Kier molecular flexibility index (Phi) is 5.31. The van der Waals surface area contributed by atoms with Crippen molar-refractivity contribution in [2.24, 2.45) is 7.05 Å². The molecular formula is C22H22FN5O2. The first kappa shape index (κ1) is 19.8. The van der Waals surface area contributed by atoms with Gasteiger partial charge in [0.15, 0.2) is 0 Å². The highest BCUT2D eigenvalue weighted by molar-refractivity contribution is 5.94. The van der Waals surface area contributed by atoms with Crippen LogP contribution in [0.3, 0.4) is 0 Å². The van der Waals surface area contributed by atoms with Gasteiger partial charge in [0.05, 0.1) is 11.3 Å². The summed E-state index contributed by atoms with van der Waals surface area (Å²) in [5, 5.41) is 0. The number of carbonyl (C=O) groups excluding carboxylic acids is 1. The largest absolute Gasteiger partial charge is 0.368 e. The number of likely N-dealkylation sites (tertiary alicyclic amines) is 1. The van der Waals surface area contributed by atoms with Gasteiger partial charge in [0, 0.05) is 50.1 Å². The van der Waals surface area contributed by atoms with Crippen LogP contribution in [-0.2, 0) is 7.05 Å². The third kappa shape index (κ3) is 3.94. The maximum atomic E-state index is 13.4. The molecule has 154 valence electrons. The van der Waals surface area contributed by atoms with Crippen LogP contribution in [0.2, 0.25) is 0 Å². The fourth-order valence-corrected chi connectivity index (χ4v) is 3.86. The normalized spacial score (nSPS) is 16.5. The van der Waals surface area contributed by atoms with Crippen LogP contribution in [0.4, 0.5) is 10.3 Å². The highest BCUT2D eigenvalue weighted by Crippen LogP contribution is 2.33. The van der Waals surface area contributed by atoms with Gasteiger partial charge in [-0.3, -0.25) is 9.59 Å². The molecule has 1 atom stereocenters. The summed E-state index contributed by atoms with van der Waals surface area (Å²) < 4.78 is 14.8. The molecule has 1 fully saturated rings. The lowest BCUT2D eigenvalue weighted by Crippen LogP contribution is -2.40. The average molecular weight is 407 g/mol. The first-order chi connectivity index (χ1) is 14.4. The summed E-state index contributed by atoms with van der Waals surface area (Å²) in [7, 11) is 1.62. The van der Waals surface area contributed by atoms with E-state index in [9.17, 15) is 14.0 Å². The first-order valence-corrected chi connectivity index (χ1v) is 9.76. The van der Waals surface area contributed by atoms with E-state index in [1.807, 2.05) is 0 Å². The van der Waals surface area contributed by atoms with E-state index in [0.29, 0.717) is 18.7 Å². The van der Waals surface area contributed by atoms with Crippen molar-refractivity contribution in [3.05, 3.63) is 76.2 Å². The van der Waals surface area contributed by atoms with E-state index < -0.39 is 0 Å². The molecule has 1 amide bonds. The van der Waals surface area contributed by atoms with E-state index in [1.165, 1.54) is 22.8 Å². The molecule has 3 aromatic rings. The Bertz CT molecular complexity index is 1140. The zero-order valence-corrected chi connectivity index (χ0v) is 16.6. The molecule has 7 nitrogen and oxygen atoms in total. The summed E-state index contributed by atoms with van der Waals surface area (Å²) in [6.45, 7) is 1.11. The predicted octanol–water partition coefficient (Wildman–Crippen LogP) is 2.58. The summed E-state index contributed by atoms with van der Waals surface area (Å²) in [6, 6.07) is 9.11. The second-order valence-corrected chi connectivity index (χ2v) is 7.49. The number of rotatable bonds is 3. The standard InChI is InChI=1S/C22H22FN5O2/c1-27-12-16(6-9-19(27)29)21(30)28-10-2-3-15(13-28)20-18(11-25-22(24)26-20)14-4-7-17(23)8-5-14/h4-9,11-12,15H,2-3,10,13H2,1H3,(H2,24,25,26). The van der Waals surface area contributed by atoms with Gasteiger partial charge in [0.2, 0.25) is 11.5 Å². The molecule has 0 saturated carbocycles. The lowest BCUT2D eigenvalue weighted by atomic mass is 9.89. The van der Waals surface area contributed by atoms with Crippen molar-refractivity contribution in [3.63, 3.8) is 0 Å². The smallest absolute Gasteiger partial charge is 0.255 e. The lowest BCUT2D eigenvalue weighted by Gasteiger charge is -2.33. The predicted molar refractivity (Wildman–Crippen MR) is 111 cm³/mol. The molecule has 0 spiro atoms. The fraction of sp³-hybridized carbons (Fsp3) is 0.273. The monoisotopic (exact) mass is 407 g/mol. The van der Waals surface area contributed by atoms with Crippen molar-refractivity contribution < 1.29 is 9.18 Å². The van der Waals surface area contributed by atoms with Crippen LogP contribution >= 0.6 is 0 Å². The number of amides is 1. The summed E-state index contributed by atoms with van der Waals surface area (Å²) in [5.74, 6) is -0.304. The Morgan fingerprint density at radius 3 is 2.70 bits per heavy atom. The third-order valence-electron chi connectivity index (χ3n) is 5.42. The molecule has 1 aliphatic rings. The van der Waals surface area contributed by atoms with Crippen LogP contribution in [0.15, 0.2) is 53.6 Å². The highest BCUT2D eigenvalue weighted by atomic mass is 19.1. The Morgan fingerprint density at radius 2 is 1.97 bits per heavy atom. The van der Waals surface area contributed by atoms with Crippen LogP contribution in [-0.4, -0.2) is 38.4 Å². The van der Waals surface area contributed by atoms with Crippen LogP contribution in [0, 0.1) is 5.82 Å². The zero-order valence-electron chi connectivity index (χ0n) is 16.6. The van der Waals surface area contributed by atoms with Crippen molar-refractivity contribution in [1.82, 2.24) is 19.4 Å². The van der Waals surface area contributed by atoms with E-state index in [0.717, 1.165) is 29.7 Å². The molecule has 1 saturated heterocycles. The van der Waals surface area contributed by atoms with E-state index in [2.05, 4.69) is 9.97 Å². The van der Waals surface area contributed by atoms with Gasteiger partial charge in [-0.25, -0.2) is 14.4 Å². The number of pyridine rings is 1. The summed E-state index contributed by atoms with van der Waals surface area (Å²) >= 11 is 0. The molecule has 3 heterocycles. The molecule has 0 radical (unpaired) electrons. The number of aryl methyl sites for hydroxylation is 1. The van der Waals surface area contributed by atoms with Crippen molar-refractivity contribution >= 4 is 11.9 Å². The highest BCUT2D eigenvalue weighted by Gasteiger charge is 2.28. The minimum Gasteiger partial charge on any atom is -0.368 e. The Labute approximate surface area is 173 Å². The Morgan fingerprint density at radius 1 is 1.20 bits per heavy atom. The number of benzene rings is 1. The van der Waals surface area contributed by atoms with E-state index >= 15 is 0 Å². The minimum atomic E-state index is -0.316. The number of nitrogens with two attached hydrogens (primary N) is 1. The lowest BCUT2D eigenvalue weighted by molar-refractivity contribution is 0.0705. The Balaban J connectivity index is 1.64. The molecule has 1 aromatic carbocycles. The molecule has 8 heteroatoms. The SMILES string of the molecule is Cn1cc(C(=O)N2CCCC(c3nc(N)ncc3-c3ccc(F)cc3)C2)ccc1=O. The molecule has 2 N–H and O–H groups in total. The van der Waals surface area contributed by atoms with Gasteiger partial charge in [-0.1, -0.05) is 12.1 Å². The second-order valence-electron chi connectivity index (χ2n) is 7.49. The van der Waals surface area contributed by atoms with Gasteiger partial charge in [-0.05, 0) is 36.6 Å². The quantitative estimate of drug-likeness (QED) is 0.720. The number of piperidine rings is 1. The van der Waals surface area contributed by atoms with Crippen LogP contribution < -0.4 is 11.3 Å². The van der Waals surface area contributed by atoms with Gasteiger partial charge in [0.1, 0.15) is 5.82 Å². The average Bonchev–Trinajstić information content (AvgIpc) is 2.76. The molecular weight excluding hydrogens is 385 g/mol. The summed E-state index contributed by atoms with van der Waals surface area (Å²) in [4.78, 5) is 35.0. The number of nitrogen functional groups attached to an aromatic ring is 1. The maximum Gasteiger partial charge on any atom is 0.255 e. The summed E-state index contributed by atoms with van der Waals surface area (Å²) in [6.07, 6.45) is 4.87. The molecule has 1 unspecified atom stereocenters. The van der Waals surface area contributed by atoms with Crippen LogP contribution in [0.25, 0.3) is 11.1 Å². The third-order valence-corrected chi connectivity index (χ3v) is 5.42. The van der Waals surface area contributed by atoms with Gasteiger partial charge < -0.3 is 15.2 Å². The number of anilines is 1. The molecule has 2 aromatic heterocycles. The number of hydrogen-bond donors (Lipinski definition) is 1. The number of hydrogen-bond acceptors (Lipinski definition) is 5. The fourth-order valence-electron chi connectivity index (χ4n) is 3.86. The molecule has 0 bridgehead atoms. The zero-order chi connectivity index (χ0) is 21.3. The van der Waals surface area contributed by atoms with Crippen LogP contribution in [0.1, 0.15) is 34.8 Å². The van der Waals surface area contributed by atoms with Crippen molar-refractivity contribution in [3.8, 4) is 11.1 Å². The van der Waals surface area contributed by atoms with E-state index in [1.54, 1.807) is 42.5 Å². The first-order valence-electron chi connectivity index (χ1n) is 9.76. The maximum absolute atomic E-state index is 13.4. The topological polar surface area (TPSA) is 94.1 Å². The van der Waals surface area contributed by atoms with Gasteiger partial charge >= 0.3 is 0 Å². The molecule has 30 heavy (non-hydrogen) atoms. The van der Waals surface area contributed by atoms with Gasteiger partial charge in [-0.15, -0.1) is 0 Å². The Hall–Kier alpha value is -3.55. The summed E-state index contributed by atoms with van der Waals surface area (Å²) in [5.41, 5.74) is 8.50. The van der Waals surface area contributed by atoms with Gasteiger partial charge in [-0.2, -0.15) is 0 Å². The van der Waals surface area contributed by atoms with E-state index in [-0.39, 0.29) is 29.1 Å². The minimum absolute atomic E-state index is 0.0272. The van der Waals surface area contributed by atoms with Crippen molar-refractivity contribution in [1.29, 1.82) is 0 Å². The number of carbonyl (C=O) groups is 1. The molecule has 0 aliphatic carbocycles.